The summed E-state index contributed by atoms with van der Waals surface area (Å²) in [6.45, 7) is 10.1. The monoisotopic (exact) mass is 475 g/mol. The SMILES string of the molecule is CSc1nc(NC[C@@H](C)O)c2sc3nc(N4CCOCC4)c4c(c3c2n1)CC(C)(C)OC4. The first-order valence-electron chi connectivity index (χ1n) is 10.9. The molecule has 10 heteroatoms. The molecule has 3 aromatic heterocycles. The zero-order valence-electron chi connectivity index (χ0n) is 18.9. The highest BCUT2D eigenvalue weighted by Crippen LogP contribution is 2.44. The summed E-state index contributed by atoms with van der Waals surface area (Å²) in [5.41, 5.74) is 3.14. The van der Waals surface area contributed by atoms with Gasteiger partial charge in [0.25, 0.3) is 0 Å². The fraction of sp³-hybridized carbons (Fsp3) is 0.591. The molecule has 1 atom stereocenters. The molecule has 0 radical (unpaired) electrons. The number of anilines is 2. The molecule has 172 valence electrons. The van der Waals surface area contributed by atoms with E-state index in [1.165, 1.54) is 22.9 Å². The van der Waals surface area contributed by atoms with Gasteiger partial charge in [-0.25, -0.2) is 15.0 Å². The predicted octanol–water partition coefficient (Wildman–Crippen LogP) is 3.44. The third-order valence-electron chi connectivity index (χ3n) is 5.91. The van der Waals surface area contributed by atoms with Crippen LogP contribution in [-0.4, -0.2) is 70.9 Å². The summed E-state index contributed by atoms with van der Waals surface area (Å²) in [5.74, 6) is 1.77. The number of ether oxygens (including phenoxy) is 2. The van der Waals surface area contributed by atoms with Gasteiger partial charge in [0.2, 0.25) is 0 Å². The topological polar surface area (TPSA) is 92.6 Å². The molecule has 32 heavy (non-hydrogen) atoms. The summed E-state index contributed by atoms with van der Waals surface area (Å²) in [4.78, 5) is 18.1. The smallest absolute Gasteiger partial charge is 0.189 e. The quantitative estimate of drug-likeness (QED) is 0.425. The number of pyridine rings is 1. The molecule has 2 N–H and O–H groups in total. The van der Waals surface area contributed by atoms with Crippen LogP contribution in [0.3, 0.4) is 0 Å². The third-order valence-corrected chi connectivity index (χ3v) is 7.53. The van der Waals surface area contributed by atoms with Crippen LogP contribution >= 0.6 is 23.1 Å². The molecular weight excluding hydrogens is 446 g/mol. The first kappa shape index (κ1) is 22.1. The van der Waals surface area contributed by atoms with Crippen molar-refractivity contribution in [3.05, 3.63) is 11.1 Å². The Hall–Kier alpha value is -1.72. The van der Waals surface area contributed by atoms with Crippen molar-refractivity contribution in [2.45, 2.75) is 50.7 Å². The van der Waals surface area contributed by atoms with Crippen molar-refractivity contribution in [2.24, 2.45) is 0 Å². The molecule has 5 rings (SSSR count). The van der Waals surface area contributed by atoms with Gasteiger partial charge < -0.3 is 24.8 Å². The number of aromatic nitrogens is 3. The fourth-order valence-corrected chi connectivity index (χ4v) is 5.80. The van der Waals surface area contributed by atoms with Gasteiger partial charge >= 0.3 is 0 Å². The molecular formula is C22H29N5O3S2. The Labute approximate surface area is 195 Å². The first-order valence-corrected chi connectivity index (χ1v) is 13.0. The maximum Gasteiger partial charge on any atom is 0.189 e. The number of hydrogen-bond donors (Lipinski definition) is 2. The molecule has 0 bridgehead atoms. The number of nitrogens with zero attached hydrogens (tertiary/aromatic N) is 4. The Bertz CT molecular complexity index is 1160. The largest absolute Gasteiger partial charge is 0.392 e. The molecule has 1 saturated heterocycles. The Morgan fingerprint density at radius 2 is 2.00 bits per heavy atom. The van der Waals surface area contributed by atoms with E-state index in [9.17, 15) is 5.11 Å². The number of aliphatic hydroxyl groups is 1. The minimum atomic E-state index is -0.469. The van der Waals surface area contributed by atoms with Gasteiger partial charge in [0, 0.05) is 37.0 Å². The lowest BCUT2D eigenvalue weighted by Crippen LogP contribution is -2.39. The molecule has 0 saturated carbocycles. The Morgan fingerprint density at radius 1 is 1.22 bits per heavy atom. The highest BCUT2D eigenvalue weighted by molar-refractivity contribution is 7.98. The number of fused-ring (bicyclic) bond motifs is 5. The summed E-state index contributed by atoms with van der Waals surface area (Å²) in [7, 11) is 0. The van der Waals surface area contributed by atoms with Gasteiger partial charge in [-0.05, 0) is 32.6 Å². The number of thioether (sulfide) groups is 1. The van der Waals surface area contributed by atoms with Crippen LogP contribution in [-0.2, 0) is 22.5 Å². The van der Waals surface area contributed by atoms with Crippen molar-refractivity contribution >= 4 is 55.2 Å². The van der Waals surface area contributed by atoms with Gasteiger partial charge in [0.05, 0.1) is 41.7 Å². The molecule has 0 amide bonds. The van der Waals surface area contributed by atoms with E-state index in [2.05, 4.69) is 24.1 Å². The van der Waals surface area contributed by atoms with E-state index < -0.39 is 6.10 Å². The number of nitrogens with one attached hydrogen (secondary N) is 1. The molecule has 2 aliphatic heterocycles. The molecule has 1 fully saturated rings. The van der Waals surface area contributed by atoms with Gasteiger partial charge in [-0.3, -0.25) is 0 Å². The van der Waals surface area contributed by atoms with Crippen molar-refractivity contribution in [3.8, 4) is 0 Å². The molecule has 0 aliphatic carbocycles. The van der Waals surface area contributed by atoms with Crippen molar-refractivity contribution in [2.75, 3.05) is 49.3 Å². The van der Waals surface area contributed by atoms with Crippen LogP contribution in [0.2, 0.25) is 0 Å². The number of morpholine rings is 1. The summed E-state index contributed by atoms with van der Waals surface area (Å²) in [6, 6.07) is 0. The second kappa shape index (κ2) is 8.57. The molecule has 3 aromatic rings. The molecule has 0 unspecified atom stereocenters. The number of thiophene rings is 1. The molecule has 0 spiro atoms. The lowest BCUT2D eigenvalue weighted by atomic mass is 9.90. The van der Waals surface area contributed by atoms with Crippen LogP contribution in [0.15, 0.2) is 5.16 Å². The van der Waals surface area contributed by atoms with E-state index in [1.54, 1.807) is 18.3 Å². The average Bonchev–Trinajstić information content (AvgIpc) is 3.15. The predicted molar refractivity (Wildman–Crippen MR) is 130 cm³/mol. The van der Waals surface area contributed by atoms with E-state index in [0.717, 1.165) is 51.6 Å². The lowest BCUT2D eigenvalue weighted by molar-refractivity contribution is -0.0396. The van der Waals surface area contributed by atoms with Crippen molar-refractivity contribution < 1.29 is 14.6 Å². The highest BCUT2D eigenvalue weighted by atomic mass is 32.2. The van der Waals surface area contributed by atoms with Crippen LogP contribution in [0.1, 0.15) is 31.9 Å². The maximum atomic E-state index is 9.80. The lowest BCUT2D eigenvalue weighted by Gasteiger charge is -2.36. The fourth-order valence-electron chi connectivity index (χ4n) is 4.33. The van der Waals surface area contributed by atoms with Crippen LogP contribution in [0, 0.1) is 0 Å². The number of rotatable bonds is 5. The zero-order chi connectivity index (χ0) is 22.5. The molecule has 2 aliphatic rings. The Morgan fingerprint density at radius 3 is 2.72 bits per heavy atom. The van der Waals surface area contributed by atoms with Gasteiger partial charge in [-0.2, -0.15) is 0 Å². The summed E-state index contributed by atoms with van der Waals surface area (Å²) in [6.07, 6.45) is 2.32. The third kappa shape index (κ3) is 4.03. The van der Waals surface area contributed by atoms with Crippen LogP contribution in [0.5, 0.6) is 0 Å². The standard InChI is InChI=1S/C22H29N5O3S2/c1-12(28)10-23-18-17-16(24-21(25-18)31-4)15-13-9-22(2,3)30-11-14(13)19(26-20(15)32-17)27-5-7-29-8-6-27/h12,28H,5-11H2,1-4H3,(H,23,24,25)/t12-/m1/s1. The number of hydrogen-bond acceptors (Lipinski definition) is 10. The van der Waals surface area contributed by atoms with E-state index >= 15 is 0 Å². The second-order valence-electron chi connectivity index (χ2n) is 8.97. The maximum absolute atomic E-state index is 9.80. The zero-order valence-corrected chi connectivity index (χ0v) is 20.5. The van der Waals surface area contributed by atoms with Crippen molar-refractivity contribution in [1.29, 1.82) is 0 Å². The van der Waals surface area contributed by atoms with E-state index in [0.29, 0.717) is 31.5 Å². The Balaban J connectivity index is 1.76. The normalized spacial score (nSPS) is 19.3. The molecule has 8 nitrogen and oxygen atoms in total. The van der Waals surface area contributed by atoms with Crippen LogP contribution in [0.25, 0.3) is 20.4 Å². The van der Waals surface area contributed by atoms with Crippen LogP contribution in [0.4, 0.5) is 11.6 Å². The number of aliphatic hydroxyl groups excluding tert-OH is 1. The molecule has 5 heterocycles. The molecule has 0 aromatic carbocycles. The minimum Gasteiger partial charge on any atom is -0.392 e. The highest BCUT2D eigenvalue weighted by Gasteiger charge is 2.33. The second-order valence-corrected chi connectivity index (χ2v) is 10.7. The summed E-state index contributed by atoms with van der Waals surface area (Å²) in [5, 5.41) is 14.9. The van der Waals surface area contributed by atoms with Crippen LogP contribution < -0.4 is 10.2 Å². The van der Waals surface area contributed by atoms with E-state index in [4.69, 9.17) is 24.4 Å². The van der Waals surface area contributed by atoms with Crippen molar-refractivity contribution in [3.63, 3.8) is 0 Å². The Kier molecular flexibility index (Phi) is 5.91. The van der Waals surface area contributed by atoms with E-state index in [1.807, 2.05) is 6.26 Å². The van der Waals surface area contributed by atoms with E-state index in [-0.39, 0.29) is 5.60 Å². The van der Waals surface area contributed by atoms with Crippen molar-refractivity contribution in [1.82, 2.24) is 15.0 Å². The van der Waals surface area contributed by atoms with Gasteiger partial charge in [0.15, 0.2) is 5.16 Å². The van der Waals surface area contributed by atoms with Gasteiger partial charge in [-0.1, -0.05) is 11.8 Å². The summed E-state index contributed by atoms with van der Waals surface area (Å²) < 4.78 is 12.8. The van der Waals surface area contributed by atoms with Gasteiger partial charge in [-0.15, -0.1) is 11.3 Å². The average molecular weight is 476 g/mol. The first-order chi connectivity index (χ1) is 15.4. The minimum absolute atomic E-state index is 0.249. The van der Waals surface area contributed by atoms with Gasteiger partial charge in [0.1, 0.15) is 16.5 Å². The summed E-state index contributed by atoms with van der Waals surface area (Å²) >= 11 is 3.14.